The molecule has 3 amide bonds. The number of ether oxygens (including phenoxy) is 2. The molecule has 1 aliphatic rings. The fourth-order valence-corrected chi connectivity index (χ4v) is 4.37. The lowest BCUT2D eigenvalue weighted by Gasteiger charge is -2.16. The summed E-state index contributed by atoms with van der Waals surface area (Å²) in [4.78, 5) is 40.0. The SMILES string of the molecule is COc1ccc(Cl)cc1NC(=O)c1cccc(NC2=C(Cl)C(=O)N(c3ccc(Oc4ccccc4)cc3)C2=O)c1. The number of para-hydroxylation sites is 1. The van der Waals surface area contributed by atoms with Gasteiger partial charge in [0.05, 0.1) is 18.5 Å². The molecule has 0 fully saturated rings. The van der Waals surface area contributed by atoms with Crippen molar-refractivity contribution in [2.75, 3.05) is 22.6 Å². The molecule has 0 aromatic heterocycles. The van der Waals surface area contributed by atoms with Crippen molar-refractivity contribution in [2.24, 2.45) is 0 Å². The molecule has 200 valence electrons. The van der Waals surface area contributed by atoms with Gasteiger partial charge in [-0.3, -0.25) is 14.4 Å². The number of carbonyl (C=O) groups excluding carboxylic acids is 3. The van der Waals surface area contributed by atoms with Crippen molar-refractivity contribution in [3.8, 4) is 17.2 Å². The van der Waals surface area contributed by atoms with Crippen LogP contribution in [0.4, 0.5) is 17.1 Å². The summed E-state index contributed by atoms with van der Waals surface area (Å²) in [6.07, 6.45) is 0. The molecule has 0 radical (unpaired) electrons. The van der Waals surface area contributed by atoms with Gasteiger partial charge < -0.3 is 20.1 Å². The van der Waals surface area contributed by atoms with Gasteiger partial charge in [0, 0.05) is 16.3 Å². The first-order valence-corrected chi connectivity index (χ1v) is 12.7. The minimum Gasteiger partial charge on any atom is -0.495 e. The fraction of sp³-hybridized carbons (Fsp3) is 0.0333. The highest BCUT2D eigenvalue weighted by molar-refractivity contribution is 6.53. The highest BCUT2D eigenvalue weighted by Crippen LogP contribution is 2.32. The zero-order valence-electron chi connectivity index (χ0n) is 21.0. The summed E-state index contributed by atoms with van der Waals surface area (Å²) >= 11 is 12.3. The predicted molar refractivity (Wildman–Crippen MR) is 154 cm³/mol. The summed E-state index contributed by atoms with van der Waals surface area (Å²) in [5, 5.41) is 5.81. The maximum absolute atomic E-state index is 13.2. The molecular formula is C30H21Cl2N3O5. The van der Waals surface area contributed by atoms with Crippen LogP contribution in [0.2, 0.25) is 5.02 Å². The van der Waals surface area contributed by atoms with Gasteiger partial charge in [-0.25, -0.2) is 4.90 Å². The van der Waals surface area contributed by atoms with Crippen molar-refractivity contribution in [2.45, 2.75) is 0 Å². The highest BCUT2D eigenvalue weighted by Gasteiger charge is 2.39. The zero-order chi connectivity index (χ0) is 28.2. The first-order valence-electron chi connectivity index (χ1n) is 12.0. The van der Waals surface area contributed by atoms with Gasteiger partial charge in [0.1, 0.15) is 28.0 Å². The number of methoxy groups -OCH3 is 1. The van der Waals surface area contributed by atoms with Gasteiger partial charge in [0.2, 0.25) is 0 Å². The number of carbonyl (C=O) groups is 3. The molecule has 40 heavy (non-hydrogen) atoms. The molecule has 0 saturated heterocycles. The number of nitrogens with zero attached hydrogens (tertiary/aromatic N) is 1. The molecule has 10 heteroatoms. The van der Waals surface area contributed by atoms with Crippen molar-refractivity contribution in [3.05, 3.63) is 118 Å². The average molecular weight is 574 g/mol. The van der Waals surface area contributed by atoms with Crippen LogP contribution in [0.5, 0.6) is 17.2 Å². The van der Waals surface area contributed by atoms with Crippen molar-refractivity contribution < 1.29 is 23.9 Å². The number of imide groups is 1. The van der Waals surface area contributed by atoms with Gasteiger partial charge in [-0.05, 0) is 72.8 Å². The second-order valence-corrected chi connectivity index (χ2v) is 9.36. The third-order valence-electron chi connectivity index (χ3n) is 5.90. The molecule has 4 aromatic carbocycles. The third kappa shape index (κ3) is 5.63. The number of anilines is 3. The maximum atomic E-state index is 13.2. The molecule has 0 saturated carbocycles. The van der Waals surface area contributed by atoms with E-state index in [-0.39, 0.29) is 16.3 Å². The summed E-state index contributed by atoms with van der Waals surface area (Å²) in [6, 6.07) is 27.0. The Morgan fingerprint density at radius 2 is 1.52 bits per heavy atom. The van der Waals surface area contributed by atoms with E-state index in [0.717, 1.165) is 4.90 Å². The van der Waals surface area contributed by atoms with Gasteiger partial charge in [0.15, 0.2) is 0 Å². The quantitative estimate of drug-likeness (QED) is 0.224. The summed E-state index contributed by atoms with van der Waals surface area (Å²) in [5.41, 5.74) is 1.29. The smallest absolute Gasteiger partial charge is 0.283 e. The molecule has 4 aromatic rings. The van der Waals surface area contributed by atoms with Crippen molar-refractivity contribution in [1.82, 2.24) is 0 Å². The Kier molecular flexibility index (Phi) is 7.72. The number of hydrogen-bond donors (Lipinski definition) is 2. The van der Waals surface area contributed by atoms with E-state index in [4.69, 9.17) is 32.7 Å². The van der Waals surface area contributed by atoms with Gasteiger partial charge in [-0.15, -0.1) is 0 Å². The molecule has 8 nitrogen and oxygen atoms in total. The van der Waals surface area contributed by atoms with E-state index in [1.54, 1.807) is 60.7 Å². The molecule has 5 rings (SSSR count). The third-order valence-corrected chi connectivity index (χ3v) is 6.49. The maximum Gasteiger partial charge on any atom is 0.283 e. The van der Waals surface area contributed by atoms with E-state index in [0.29, 0.717) is 39.3 Å². The number of hydrogen-bond acceptors (Lipinski definition) is 6. The average Bonchev–Trinajstić information content (AvgIpc) is 3.17. The topological polar surface area (TPSA) is 97.0 Å². The lowest BCUT2D eigenvalue weighted by molar-refractivity contribution is -0.120. The second kappa shape index (κ2) is 11.5. The number of halogens is 2. The van der Waals surface area contributed by atoms with E-state index >= 15 is 0 Å². The van der Waals surface area contributed by atoms with Gasteiger partial charge >= 0.3 is 0 Å². The molecule has 1 heterocycles. The van der Waals surface area contributed by atoms with Crippen LogP contribution in [0, 0.1) is 0 Å². The van der Waals surface area contributed by atoms with Crippen molar-refractivity contribution >= 4 is 58.0 Å². The number of amides is 3. The molecule has 2 N–H and O–H groups in total. The Labute approximate surface area is 239 Å². The largest absolute Gasteiger partial charge is 0.495 e. The first-order chi connectivity index (χ1) is 19.3. The molecule has 1 aliphatic heterocycles. The summed E-state index contributed by atoms with van der Waals surface area (Å²) in [5.74, 6) is -0.103. The molecule has 0 aliphatic carbocycles. The Morgan fingerprint density at radius 1 is 0.800 bits per heavy atom. The van der Waals surface area contributed by atoms with Gasteiger partial charge in [-0.1, -0.05) is 47.5 Å². The van der Waals surface area contributed by atoms with Crippen LogP contribution in [0.25, 0.3) is 0 Å². The van der Waals surface area contributed by atoms with Crippen LogP contribution in [-0.4, -0.2) is 24.8 Å². The van der Waals surface area contributed by atoms with E-state index < -0.39 is 17.7 Å². The van der Waals surface area contributed by atoms with E-state index in [2.05, 4.69) is 10.6 Å². The second-order valence-electron chi connectivity index (χ2n) is 8.55. The lowest BCUT2D eigenvalue weighted by Crippen LogP contribution is -2.32. The lowest BCUT2D eigenvalue weighted by atomic mass is 10.1. The van der Waals surface area contributed by atoms with Crippen LogP contribution >= 0.6 is 23.2 Å². The van der Waals surface area contributed by atoms with Crippen LogP contribution in [-0.2, 0) is 9.59 Å². The molecule has 0 atom stereocenters. The molecule has 0 spiro atoms. The van der Waals surface area contributed by atoms with E-state index in [1.807, 2.05) is 30.3 Å². The van der Waals surface area contributed by atoms with Crippen molar-refractivity contribution in [1.29, 1.82) is 0 Å². The van der Waals surface area contributed by atoms with E-state index in [9.17, 15) is 14.4 Å². The predicted octanol–water partition coefficient (Wildman–Crippen LogP) is 6.83. The van der Waals surface area contributed by atoms with Gasteiger partial charge in [0.25, 0.3) is 17.7 Å². The summed E-state index contributed by atoms with van der Waals surface area (Å²) in [6.45, 7) is 0. The fourth-order valence-electron chi connectivity index (χ4n) is 3.99. The number of nitrogens with one attached hydrogen (secondary N) is 2. The molecular weight excluding hydrogens is 553 g/mol. The van der Waals surface area contributed by atoms with Crippen LogP contribution in [0.1, 0.15) is 10.4 Å². The Hall–Kier alpha value is -4.79. The molecule has 0 bridgehead atoms. The highest BCUT2D eigenvalue weighted by atomic mass is 35.5. The normalized spacial score (nSPS) is 12.9. The van der Waals surface area contributed by atoms with Crippen LogP contribution in [0.15, 0.2) is 108 Å². The summed E-state index contributed by atoms with van der Waals surface area (Å²) < 4.78 is 11.0. The van der Waals surface area contributed by atoms with Crippen molar-refractivity contribution in [3.63, 3.8) is 0 Å². The minimum atomic E-state index is -0.673. The first kappa shape index (κ1) is 26.8. The van der Waals surface area contributed by atoms with Crippen LogP contribution in [0.3, 0.4) is 0 Å². The Bertz CT molecular complexity index is 1640. The molecule has 0 unspecified atom stereocenters. The van der Waals surface area contributed by atoms with Gasteiger partial charge in [-0.2, -0.15) is 0 Å². The number of rotatable bonds is 8. The zero-order valence-corrected chi connectivity index (χ0v) is 22.5. The minimum absolute atomic E-state index is 0.106. The standard InChI is InChI=1S/C30H21Cl2N3O5/c1-39-25-15-10-19(31)17-24(25)34-28(36)18-6-5-7-20(16-18)33-27-26(32)29(37)35(30(27)38)21-11-13-23(14-12-21)40-22-8-3-2-4-9-22/h2-17,33H,1H3,(H,34,36). The Morgan fingerprint density at radius 3 is 2.25 bits per heavy atom. The van der Waals surface area contributed by atoms with E-state index in [1.165, 1.54) is 13.2 Å². The monoisotopic (exact) mass is 573 g/mol. The Balaban J connectivity index is 1.30. The summed E-state index contributed by atoms with van der Waals surface area (Å²) in [7, 11) is 1.48. The number of benzene rings is 4. The van der Waals surface area contributed by atoms with Crippen LogP contribution < -0.4 is 25.0 Å².